The van der Waals surface area contributed by atoms with Crippen molar-refractivity contribution in [1.29, 1.82) is 0 Å². The average Bonchev–Trinajstić information content (AvgIpc) is 2.35. The van der Waals surface area contributed by atoms with E-state index in [2.05, 4.69) is 10.2 Å². The molecule has 5 heteroatoms. The van der Waals surface area contributed by atoms with Gasteiger partial charge in [-0.05, 0) is 46.8 Å². The van der Waals surface area contributed by atoms with Crippen LogP contribution in [0.1, 0.15) is 39.5 Å². The Morgan fingerprint density at radius 3 is 2.53 bits per heavy atom. The molecule has 0 radical (unpaired) electrons. The van der Waals surface area contributed by atoms with Crippen molar-refractivity contribution in [3.8, 4) is 0 Å². The van der Waals surface area contributed by atoms with Gasteiger partial charge in [-0.2, -0.15) is 0 Å². The first-order valence-corrected chi connectivity index (χ1v) is 7.23. The second-order valence-corrected chi connectivity index (χ2v) is 5.57. The Labute approximate surface area is 116 Å². The van der Waals surface area contributed by atoms with E-state index in [1.807, 2.05) is 21.0 Å². The van der Waals surface area contributed by atoms with Gasteiger partial charge in [0.2, 0.25) is 11.8 Å². The zero-order valence-corrected chi connectivity index (χ0v) is 12.6. The van der Waals surface area contributed by atoms with Gasteiger partial charge in [-0.15, -0.1) is 0 Å². The van der Waals surface area contributed by atoms with Crippen LogP contribution in [-0.2, 0) is 9.59 Å². The number of hydrogen-bond donors (Lipinski definition) is 1. The summed E-state index contributed by atoms with van der Waals surface area (Å²) in [4.78, 5) is 28.0. The molecule has 1 N–H and O–H groups in total. The molecule has 2 unspecified atom stereocenters. The molecule has 0 aromatic heterocycles. The summed E-state index contributed by atoms with van der Waals surface area (Å²) in [6.07, 6.45) is 3.62. The van der Waals surface area contributed by atoms with Gasteiger partial charge in [0, 0.05) is 6.54 Å². The number of unbranched alkanes of at least 4 members (excludes halogenated alkanes) is 1. The third-order valence-corrected chi connectivity index (χ3v) is 3.58. The smallest absolute Gasteiger partial charge is 0.245 e. The van der Waals surface area contributed by atoms with E-state index in [9.17, 15) is 9.59 Å². The molecule has 0 saturated carbocycles. The molecule has 0 bridgehead atoms. The van der Waals surface area contributed by atoms with Crippen LogP contribution >= 0.6 is 0 Å². The third kappa shape index (κ3) is 4.49. The fourth-order valence-corrected chi connectivity index (χ4v) is 2.38. The maximum Gasteiger partial charge on any atom is 0.245 e. The van der Waals surface area contributed by atoms with Crippen LogP contribution in [0.3, 0.4) is 0 Å². The van der Waals surface area contributed by atoms with E-state index in [4.69, 9.17) is 0 Å². The first-order chi connectivity index (χ1) is 8.97. The zero-order chi connectivity index (χ0) is 14.4. The standard InChI is InChI=1S/C14H27N3O2/c1-5-8-12-14(19)17(11(2)13(18)15-12)10-7-6-9-16(3)4/h11-12H,5-10H2,1-4H3,(H,15,18). The van der Waals surface area contributed by atoms with E-state index in [-0.39, 0.29) is 23.9 Å². The molecule has 1 saturated heterocycles. The van der Waals surface area contributed by atoms with Crippen LogP contribution in [0.2, 0.25) is 0 Å². The summed E-state index contributed by atoms with van der Waals surface area (Å²) in [7, 11) is 4.08. The van der Waals surface area contributed by atoms with Crippen molar-refractivity contribution in [1.82, 2.24) is 15.1 Å². The van der Waals surface area contributed by atoms with Crippen molar-refractivity contribution in [2.45, 2.75) is 51.6 Å². The molecule has 5 nitrogen and oxygen atoms in total. The van der Waals surface area contributed by atoms with Gasteiger partial charge in [0.25, 0.3) is 0 Å². The van der Waals surface area contributed by atoms with E-state index in [1.54, 1.807) is 11.8 Å². The lowest BCUT2D eigenvalue weighted by molar-refractivity contribution is -0.148. The minimum atomic E-state index is -0.333. The topological polar surface area (TPSA) is 52.7 Å². The van der Waals surface area contributed by atoms with Crippen molar-refractivity contribution in [3.63, 3.8) is 0 Å². The molecule has 2 amide bonds. The number of rotatable bonds is 7. The second-order valence-electron chi connectivity index (χ2n) is 5.57. The minimum Gasteiger partial charge on any atom is -0.343 e. The summed E-state index contributed by atoms with van der Waals surface area (Å²) in [5, 5.41) is 2.82. The summed E-state index contributed by atoms with van der Waals surface area (Å²) in [5.74, 6) is 0.0597. The maximum absolute atomic E-state index is 12.3. The van der Waals surface area contributed by atoms with Crippen LogP contribution in [0.25, 0.3) is 0 Å². The van der Waals surface area contributed by atoms with E-state index < -0.39 is 0 Å². The predicted molar refractivity (Wildman–Crippen MR) is 75.8 cm³/mol. The Hall–Kier alpha value is -1.10. The van der Waals surface area contributed by atoms with Crippen LogP contribution in [0.5, 0.6) is 0 Å². The molecular weight excluding hydrogens is 242 g/mol. The van der Waals surface area contributed by atoms with Gasteiger partial charge in [0.15, 0.2) is 0 Å². The number of nitrogens with one attached hydrogen (secondary N) is 1. The highest BCUT2D eigenvalue weighted by Crippen LogP contribution is 2.14. The molecule has 2 atom stereocenters. The van der Waals surface area contributed by atoms with Crippen molar-refractivity contribution in [2.75, 3.05) is 27.2 Å². The summed E-state index contributed by atoms with van der Waals surface area (Å²) in [6.45, 7) is 5.53. The number of piperazine rings is 1. The van der Waals surface area contributed by atoms with Crippen LogP contribution < -0.4 is 5.32 Å². The quantitative estimate of drug-likeness (QED) is 0.697. The predicted octanol–water partition coefficient (Wildman–Crippen LogP) is 0.844. The summed E-state index contributed by atoms with van der Waals surface area (Å²) in [5.41, 5.74) is 0. The van der Waals surface area contributed by atoms with Crippen molar-refractivity contribution in [3.05, 3.63) is 0 Å². The molecule has 19 heavy (non-hydrogen) atoms. The molecule has 0 aliphatic carbocycles. The van der Waals surface area contributed by atoms with Crippen LogP contribution in [0.15, 0.2) is 0 Å². The van der Waals surface area contributed by atoms with Gasteiger partial charge >= 0.3 is 0 Å². The van der Waals surface area contributed by atoms with Gasteiger partial charge in [0.05, 0.1) is 0 Å². The van der Waals surface area contributed by atoms with E-state index in [0.717, 1.165) is 32.2 Å². The molecule has 1 fully saturated rings. The number of hydrogen-bond acceptors (Lipinski definition) is 3. The molecule has 1 rings (SSSR count). The number of carbonyl (C=O) groups excluding carboxylic acids is 2. The Balaban J connectivity index is 2.52. The molecule has 0 spiro atoms. The summed E-state index contributed by atoms with van der Waals surface area (Å²) in [6, 6.07) is -0.650. The Morgan fingerprint density at radius 1 is 1.26 bits per heavy atom. The molecule has 1 aliphatic heterocycles. The maximum atomic E-state index is 12.3. The molecule has 0 aromatic rings. The summed E-state index contributed by atoms with van der Waals surface area (Å²) < 4.78 is 0. The van der Waals surface area contributed by atoms with Gasteiger partial charge in [-0.3, -0.25) is 9.59 Å². The van der Waals surface area contributed by atoms with Crippen molar-refractivity contribution in [2.24, 2.45) is 0 Å². The van der Waals surface area contributed by atoms with E-state index in [0.29, 0.717) is 6.54 Å². The van der Waals surface area contributed by atoms with Gasteiger partial charge in [-0.25, -0.2) is 0 Å². The van der Waals surface area contributed by atoms with Crippen molar-refractivity contribution < 1.29 is 9.59 Å². The van der Waals surface area contributed by atoms with E-state index in [1.165, 1.54) is 0 Å². The van der Waals surface area contributed by atoms with Crippen LogP contribution in [0.4, 0.5) is 0 Å². The van der Waals surface area contributed by atoms with Crippen molar-refractivity contribution >= 4 is 11.8 Å². The van der Waals surface area contributed by atoms with Gasteiger partial charge < -0.3 is 15.1 Å². The highest BCUT2D eigenvalue weighted by Gasteiger charge is 2.36. The first-order valence-electron chi connectivity index (χ1n) is 7.23. The molecule has 110 valence electrons. The molecular formula is C14H27N3O2. The number of amides is 2. The molecule has 1 heterocycles. The van der Waals surface area contributed by atoms with Crippen LogP contribution in [0, 0.1) is 0 Å². The second kappa shape index (κ2) is 7.48. The number of carbonyl (C=O) groups is 2. The fourth-order valence-electron chi connectivity index (χ4n) is 2.38. The Bertz CT molecular complexity index is 318. The largest absolute Gasteiger partial charge is 0.343 e. The highest BCUT2D eigenvalue weighted by molar-refractivity contribution is 5.96. The molecule has 1 aliphatic rings. The third-order valence-electron chi connectivity index (χ3n) is 3.58. The Kier molecular flexibility index (Phi) is 6.28. The first kappa shape index (κ1) is 16.0. The SMILES string of the molecule is CCCC1NC(=O)C(C)N(CCCCN(C)C)C1=O. The molecule has 0 aromatic carbocycles. The highest BCUT2D eigenvalue weighted by atomic mass is 16.2. The van der Waals surface area contributed by atoms with Gasteiger partial charge in [-0.1, -0.05) is 13.3 Å². The lowest BCUT2D eigenvalue weighted by Crippen LogP contribution is -2.62. The van der Waals surface area contributed by atoms with E-state index >= 15 is 0 Å². The van der Waals surface area contributed by atoms with Gasteiger partial charge in [0.1, 0.15) is 12.1 Å². The number of nitrogens with zero attached hydrogens (tertiary/aromatic N) is 2. The Morgan fingerprint density at radius 2 is 1.95 bits per heavy atom. The average molecular weight is 269 g/mol. The minimum absolute atomic E-state index is 0.0225. The summed E-state index contributed by atoms with van der Waals surface area (Å²) >= 11 is 0. The fraction of sp³-hybridized carbons (Fsp3) is 0.857. The lowest BCUT2D eigenvalue weighted by atomic mass is 10.0. The monoisotopic (exact) mass is 269 g/mol. The zero-order valence-electron chi connectivity index (χ0n) is 12.6. The lowest BCUT2D eigenvalue weighted by Gasteiger charge is -2.37. The van der Waals surface area contributed by atoms with Crippen LogP contribution in [-0.4, -0.2) is 60.9 Å². The normalized spacial score (nSPS) is 23.9.